The molecule has 1 aromatic heterocycles. The van der Waals surface area contributed by atoms with Crippen molar-refractivity contribution >= 4 is 5.69 Å². The molecule has 0 fully saturated rings. The smallest absolute Gasteiger partial charge is 0.146 e. The number of aliphatic hydroxyl groups is 1. The van der Waals surface area contributed by atoms with Gasteiger partial charge in [-0.1, -0.05) is 12.1 Å². The number of halogens is 1. The lowest BCUT2D eigenvalue weighted by atomic mass is 10.1. The fourth-order valence-corrected chi connectivity index (χ4v) is 2.41. The molecule has 1 aliphatic heterocycles. The number of rotatable bonds is 2. The van der Waals surface area contributed by atoms with Crippen molar-refractivity contribution in [2.75, 3.05) is 11.4 Å². The number of fused-ring (bicyclic) bond motifs is 1. The maximum Gasteiger partial charge on any atom is 0.146 e. The Morgan fingerprint density at radius 3 is 3.06 bits per heavy atom. The molecule has 0 aliphatic carbocycles. The highest BCUT2D eigenvalue weighted by Crippen LogP contribution is 2.27. The number of imidazole rings is 1. The van der Waals surface area contributed by atoms with E-state index in [4.69, 9.17) is 0 Å². The van der Waals surface area contributed by atoms with Crippen molar-refractivity contribution in [3.8, 4) is 0 Å². The van der Waals surface area contributed by atoms with Crippen molar-refractivity contribution in [2.24, 2.45) is 0 Å². The average Bonchev–Trinajstić information content (AvgIpc) is 2.85. The lowest BCUT2D eigenvalue weighted by Crippen LogP contribution is -2.34. The topological polar surface area (TPSA) is 41.3 Å². The number of hydrogen-bond donors (Lipinski definition) is 1. The zero-order chi connectivity index (χ0) is 12.5. The number of hydrogen-bond acceptors (Lipinski definition) is 3. The van der Waals surface area contributed by atoms with E-state index >= 15 is 0 Å². The first kappa shape index (κ1) is 11.2. The average molecular weight is 247 g/mol. The molecule has 94 valence electrons. The maximum atomic E-state index is 13.9. The van der Waals surface area contributed by atoms with Gasteiger partial charge in [-0.3, -0.25) is 0 Å². The standard InChI is InChI=1S/C13H14FN3O/c14-11-3-1-2-10(9-18)13(11)17-7-6-16-5-4-15-12(16)8-17/h1-5,18H,6-9H2. The van der Waals surface area contributed by atoms with E-state index in [9.17, 15) is 9.50 Å². The van der Waals surface area contributed by atoms with Gasteiger partial charge in [0.05, 0.1) is 18.8 Å². The molecule has 2 heterocycles. The third kappa shape index (κ3) is 1.76. The molecule has 0 bridgehead atoms. The first-order valence-electron chi connectivity index (χ1n) is 5.93. The van der Waals surface area contributed by atoms with Gasteiger partial charge in [-0.15, -0.1) is 0 Å². The monoisotopic (exact) mass is 247 g/mol. The number of aliphatic hydroxyl groups excluding tert-OH is 1. The van der Waals surface area contributed by atoms with Crippen LogP contribution >= 0.6 is 0 Å². The van der Waals surface area contributed by atoms with Gasteiger partial charge in [0.25, 0.3) is 0 Å². The van der Waals surface area contributed by atoms with Gasteiger partial charge >= 0.3 is 0 Å². The molecule has 1 N–H and O–H groups in total. The summed E-state index contributed by atoms with van der Waals surface area (Å²) in [5, 5.41) is 9.31. The molecule has 2 aromatic rings. The maximum absolute atomic E-state index is 13.9. The molecule has 0 spiro atoms. The van der Waals surface area contributed by atoms with Gasteiger partial charge < -0.3 is 14.6 Å². The number of aromatic nitrogens is 2. The van der Waals surface area contributed by atoms with E-state index in [1.54, 1.807) is 18.3 Å². The number of para-hydroxylation sites is 1. The Balaban J connectivity index is 1.97. The first-order chi connectivity index (χ1) is 8.79. The Labute approximate surface area is 104 Å². The SMILES string of the molecule is OCc1cccc(F)c1N1CCn2ccnc2C1. The van der Waals surface area contributed by atoms with Crippen LogP contribution in [0.25, 0.3) is 0 Å². The molecule has 0 atom stereocenters. The second kappa shape index (κ2) is 4.42. The highest BCUT2D eigenvalue weighted by Gasteiger charge is 2.21. The second-order valence-corrected chi connectivity index (χ2v) is 4.36. The molecule has 5 heteroatoms. The van der Waals surface area contributed by atoms with Gasteiger partial charge in [0.2, 0.25) is 0 Å². The van der Waals surface area contributed by atoms with E-state index in [0.29, 0.717) is 17.8 Å². The van der Waals surface area contributed by atoms with E-state index in [-0.39, 0.29) is 12.4 Å². The van der Waals surface area contributed by atoms with Gasteiger partial charge in [0.15, 0.2) is 0 Å². The minimum Gasteiger partial charge on any atom is -0.392 e. The molecule has 18 heavy (non-hydrogen) atoms. The molecule has 1 aliphatic rings. The summed E-state index contributed by atoms with van der Waals surface area (Å²) in [5.74, 6) is 0.634. The summed E-state index contributed by atoms with van der Waals surface area (Å²) in [6, 6.07) is 4.80. The van der Waals surface area contributed by atoms with Gasteiger partial charge in [-0.2, -0.15) is 0 Å². The van der Waals surface area contributed by atoms with Gasteiger partial charge in [-0.25, -0.2) is 9.37 Å². The molecular weight excluding hydrogens is 233 g/mol. The summed E-state index contributed by atoms with van der Waals surface area (Å²) >= 11 is 0. The van der Waals surface area contributed by atoms with Crippen molar-refractivity contribution in [3.63, 3.8) is 0 Å². The molecule has 0 saturated heterocycles. The number of benzene rings is 1. The van der Waals surface area contributed by atoms with Crippen LogP contribution in [0.15, 0.2) is 30.6 Å². The quantitative estimate of drug-likeness (QED) is 0.875. The van der Waals surface area contributed by atoms with E-state index < -0.39 is 0 Å². The summed E-state index contributed by atoms with van der Waals surface area (Å²) in [6.07, 6.45) is 3.69. The predicted molar refractivity (Wildman–Crippen MR) is 65.6 cm³/mol. The zero-order valence-corrected chi connectivity index (χ0v) is 9.88. The number of anilines is 1. The van der Waals surface area contributed by atoms with E-state index in [1.807, 2.05) is 11.1 Å². The normalized spacial score (nSPS) is 14.7. The summed E-state index contributed by atoms with van der Waals surface area (Å²) < 4.78 is 16.0. The summed E-state index contributed by atoms with van der Waals surface area (Å²) in [7, 11) is 0. The molecular formula is C13H14FN3O. The minimum atomic E-state index is -0.290. The molecule has 3 rings (SSSR count). The Hall–Kier alpha value is -1.88. The first-order valence-corrected chi connectivity index (χ1v) is 5.93. The van der Waals surface area contributed by atoms with Crippen LogP contribution < -0.4 is 4.90 Å². The Bertz CT molecular complexity index is 567. The van der Waals surface area contributed by atoms with Gasteiger partial charge in [-0.05, 0) is 6.07 Å². The fourth-order valence-electron chi connectivity index (χ4n) is 2.41. The van der Waals surface area contributed by atoms with E-state index in [2.05, 4.69) is 9.55 Å². The molecule has 0 saturated carbocycles. The minimum absolute atomic E-state index is 0.155. The van der Waals surface area contributed by atoms with Crippen molar-refractivity contribution in [2.45, 2.75) is 19.7 Å². The van der Waals surface area contributed by atoms with Gasteiger partial charge in [0.1, 0.15) is 11.6 Å². The zero-order valence-electron chi connectivity index (χ0n) is 9.88. The summed E-state index contributed by atoms with van der Waals surface area (Å²) in [5.41, 5.74) is 1.12. The van der Waals surface area contributed by atoms with Gasteiger partial charge in [0, 0.05) is 31.0 Å². The third-order valence-corrected chi connectivity index (χ3v) is 3.30. The fraction of sp³-hybridized carbons (Fsp3) is 0.308. The largest absolute Gasteiger partial charge is 0.392 e. The Morgan fingerprint density at radius 2 is 2.22 bits per heavy atom. The highest BCUT2D eigenvalue weighted by molar-refractivity contribution is 5.55. The summed E-state index contributed by atoms with van der Waals surface area (Å²) in [4.78, 5) is 6.19. The van der Waals surface area contributed by atoms with Crippen LogP contribution in [0.4, 0.5) is 10.1 Å². The Kier molecular flexibility index (Phi) is 2.76. The Morgan fingerprint density at radius 1 is 1.33 bits per heavy atom. The van der Waals surface area contributed by atoms with Crippen LogP contribution in [0.2, 0.25) is 0 Å². The van der Waals surface area contributed by atoms with Crippen LogP contribution in [-0.4, -0.2) is 21.2 Å². The van der Waals surface area contributed by atoms with Crippen LogP contribution in [-0.2, 0) is 19.7 Å². The van der Waals surface area contributed by atoms with Crippen molar-refractivity contribution in [3.05, 3.63) is 47.8 Å². The van der Waals surface area contributed by atoms with Crippen molar-refractivity contribution in [1.82, 2.24) is 9.55 Å². The molecule has 1 aromatic carbocycles. The molecule has 0 amide bonds. The molecule has 4 nitrogen and oxygen atoms in total. The van der Waals surface area contributed by atoms with Crippen molar-refractivity contribution in [1.29, 1.82) is 0 Å². The lowest BCUT2D eigenvalue weighted by molar-refractivity contribution is 0.281. The van der Waals surface area contributed by atoms with E-state index in [0.717, 1.165) is 18.9 Å². The van der Waals surface area contributed by atoms with Crippen LogP contribution in [0.3, 0.4) is 0 Å². The molecule has 0 radical (unpaired) electrons. The van der Waals surface area contributed by atoms with Crippen LogP contribution in [0, 0.1) is 5.82 Å². The molecule has 0 unspecified atom stereocenters. The number of nitrogens with zero attached hydrogens (tertiary/aromatic N) is 3. The summed E-state index contributed by atoms with van der Waals surface area (Å²) in [6.45, 7) is 1.92. The van der Waals surface area contributed by atoms with E-state index in [1.165, 1.54) is 6.07 Å². The van der Waals surface area contributed by atoms with Crippen molar-refractivity contribution < 1.29 is 9.50 Å². The lowest BCUT2D eigenvalue weighted by Gasteiger charge is -2.31. The predicted octanol–water partition coefficient (Wildman–Crippen LogP) is 1.53. The van der Waals surface area contributed by atoms with Crippen LogP contribution in [0.1, 0.15) is 11.4 Å². The second-order valence-electron chi connectivity index (χ2n) is 4.36. The highest BCUT2D eigenvalue weighted by atomic mass is 19.1. The third-order valence-electron chi connectivity index (χ3n) is 3.30. The van der Waals surface area contributed by atoms with Crippen LogP contribution in [0.5, 0.6) is 0 Å².